The van der Waals surface area contributed by atoms with E-state index in [1.54, 1.807) is 0 Å². The Hall–Kier alpha value is -1.72. The highest BCUT2D eigenvalue weighted by Crippen LogP contribution is 2.39. The summed E-state index contributed by atoms with van der Waals surface area (Å²) in [6.45, 7) is 2.50. The van der Waals surface area contributed by atoms with Crippen molar-refractivity contribution in [1.29, 1.82) is 0 Å². The molecule has 0 bridgehead atoms. The molecule has 4 rings (SSSR count). The standard InChI is InChI=1S/C20H22O4/c1-3-7-15(8-4-1)11-21-13-17-19(23-17)20-18(24-20)14-22-12-16-9-5-2-6-10-16/h1-10,17-20H,11-14H2/t17-,18+,19-,20+. The van der Waals surface area contributed by atoms with E-state index in [9.17, 15) is 0 Å². The molecule has 4 heteroatoms. The summed E-state index contributed by atoms with van der Waals surface area (Å²) in [5.41, 5.74) is 2.37. The summed E-state index contributed by atoms with van der Waals surface area (Å²) in [6, 6.07) is 20.4. The molecule has 0 radical (unpaired) electrons. The number of rotatable bonds is 9. The van der Waals surface area contributed by atoms with Crippen LogP contribution in [0.2, 0.25) is 0 Å². The Balaban J connectivity index is 1.09. The largest absolute Gasteiger partial charge is 0.374 e. The predicted molar refractivity (Wildman–Crippen MR) is 89.5 cm³/mol. The lowest BCUT2D eigenvalue weighted by Gasteiger charge is -2.02. The Morgan fingerprint density at radius 2 is 1.04 bits per heavy atom. The van der Waals surface area contributed by atoms with Crippen LogP contribution >= 0.6 is 0 Å². The Morgan fingerprint density at radius 1 is 0.625 bits per heavy atom. The summed E-state index contributed by atoms with van der Waals surface area (Å²) in [6.07, 6.45) is 0.674. The lowest BCUT2D eigenvalue weighted by molar-refractivity contribution is 0.104. The third-order valence-electron chi connectivity index (χ3n) is 4.35. The molecule has 0 aromatic heterocycles. The fourth-order valence-corrected chi connectivity index (χ4v) is 2.89. The van der Waals surface area contributed by atoms with Crippen molar-refractivity contribution in [3.63, 3.8) is 0 Å². The van der Waals surface area contributed by atoms with Crippen LogP contribution in [-0.4, -0.2) is 37.6 Å². The van der Waals surface area contributed by atoms with Gasteiger partial charge in [0.1, 0.15) is 24.4 Å². The van der Waals surface area contributed by atoms with Crippen molar-refractivity contribution in [2.75, 3.05) is 13.2 Å². The normalized spacial score (nSPS) is 27.8. The molecule has 0 unspecified atom stereocenters. The van der Waals surface area contributed by atoms with Crippen LogP contribution < -0.4 is 0 Å². The second-order valence-electron chi connectivity index (χ2n) is 6.28. The maximum Gasteiger partial charge on any atom is 0.115 e. The molecule has 2 heterocycles. The molecule has 0 saturated carbocycles. The minimum Gasteiger partial charge on any atom is -0.374 e. The molecule has 2 aromatic carbocycles. The van der Waals surface area contributed by atoms with Gasteiger partial charge >= 0.3 is 0 Å². The van der Waals surface area contributed by atoms with Gasteiger partial charge in [-0.2, -0.15) is 0 Å². The molecule has 2 aliphatic rings. The Bertz CT molecular complexity index is 573. The van der Waals surface area contributed by atoms with Gasteiger partial charge in [-0.3, -0.25) is 0 Å². The SMILES string of the molecule is c1ccc(COC[C@@H]2O[C@@H]2[C@@H]2O[C@@H]2COCc2ccccc2)cc1. The van der Waals surface area contributed by atoms with E-state index >= 15 is 0 Å². The molecule has 0 N–H and O–H groups in total. The van der Waals surface area contributed by atoms with Crippen molar-refractivity contribution in [1.82, 2.24) is 0 Å². The Labute approximate surface area is 142 Å². The van der Waals surface area contributed by atoms with E-state index < -0.39 is 0 Å². The fourth-order valence-electron chi connectivity index (χ4n) is 2.89. The van der Waals surface area contributed by atoms with Crippen molar-refractivity contribution in [2.45, 2.75) is 37.6 Å². The highest BCUT2D eigenvalue weighted by Gasteiger charge is 2.57. The monoisotopic (exact) mass is 326 g/mol. The van der Waals surface area contributed by atoms with E-state index in [-0.39, 0.29) is 24.4 Å². The van der Waals surface area contributed by atoms with Crippen LogP contribution in [0.15, 0.2) is 60.7 Å². The number of epoxide rings is 2. The minimum absolute atomic E-state index is 0.165. The number of ether oxygens (including phenoxy) is 4. The minimum atomic E-state index is 0.165. The number of hydrogen-bond donors (Lipinski definition) is 0. The zero-order valence-electron chi connectivity index (χ0n) is 13.5. The molecule has 126 valence electrons. The van der Waals surface area contributed by atoms with Crippen molar-refractivity contribution < 1.29 is 18.9 Å². The van der Waals surface area contributed by atoms with Crippen molar-refractivity contribution >= 4 is 0 Å². The molecular weight excluding hydrogens is 304 g/mol. The van der Waals surface area contributed by atoms with Crippen molar-refractivity contribution in [3.05, 3.63) is 71.8 Å². The first-order valence-corrected chi connectivity index (χ1v) is 8.44. The molecule has 0 amide bonds. The van der Waals surface area contributed by atoms with Gasteiger partial charge < -0.3 is 18.9 Å². The van der Waals surface area contributed by atoms with Gasteiger partial charge in [0.15, 0.2) is 0 Å². The third-order valence-corrected chi connectivity index (χ3v) is 4.35. The topological polar surface area (TPSA) is 43.5 Å². The Kier molecular flexibility index (Phi) is 4.90. The van der Waals surface area contributed by atoms with E-state index in [0.29, 0.717) is 26.4 Å². The van der Waals surface area contributed by atoms with Crippen molar-refractivity contribution in [2.24, 2.45) is 0 Å². The lowest BCUT2D eigenvalue weighted by Crippen LogP contribution is -2.13. The molecule has 0 spiro atoms. The van der Waals surface area contributed by atoms with Crippen LogP contribution in [0, 0.1) is 0 Å². The summed E-state index contributed by atoms with van der Waals surface area (Å²) in [4.78, 5) is 0. The van der Waals surface area contributed by atoms with Gasteiger partial charge in [-0.1, -0.05) is 60.7 Å². The van der Waals surface area contributed by atoms with Gasteiger partial charge in [-0.05, 0) is 11.1 Å². The molecule has 2 aromatic rings. The quantitative estimate of drug-likeness (QED) is 0.665. The van der Waals surface area contributed by atoms with E-state index in [4.69, 9.17) is 18.9 Å². The first kappa shape index (κ1) is 15.8. The second kappa shape index (κ2) is 7.45. The molecule has 2 saturated heterocycles. The van der Waals surface area contributed by atoms with E-state index in [1.165, 1.54) is 11.1 Å². The summed E-state index contributed by atoms with van der Waals surface area (Å²) in [7, 11) is 0. The van der Waals surface area contributed by atoms with Gasteiger partial charge in [-0.15, -0.1) is 0 Å². The van der Waals surface area contributed by atoms with Crippen LogP contribution in [0.5, 0.6) is 0 Å². The van der Waals surface area contributed by atoms with Gasteiger partial charge in [0, 0.05) is 0 Å². The molecule has 0 aliphatic carbocycles. The first-order valence-electron chi connectivity index (χ1n) is 8.44. The summed E-state index contributed by atoms with van der Waals surface area (Å²) >= 11 is 0. The van der Waals surface area contributed by atoms with E-state index in [2.05, 4.69) is 24.3 Å². The average molecular weight is 326 g/mol. The third kappa shape index (κ3) is 4.22. The molecule has 2 fully saturated rings. The highest BCUT2D eigenvalue weighted by atomic mass is 16.7. The smallest absolute Gasteiger partial charge is 0.115 e. The highest BCUT2D eigenvalue weighted by molar-refractivity contribution is 5.14. The van der Waals surface area contributed by atoms with E-state index in [1.807, 2.05) is 36.4 Å². The average Bonchev–Trinajstić information content (AvgIpc) is 3.52. The van der Waals surface area contributed by atoms with Crippen LogP contribution in [-0.2, 0) is 32.2 Å². The maximum atomic E-state index is 5.71. The van der Waals surface area contributed by atoms with Gasteiger partial charge in [0.2, 0.25) is 0 Å². The maximum absolute atomic E-state index is 5.71. The number of benzene rings is 2. The zero-order chi connectivity index (χ0) is 16.2. The van der Waals surface area contributed by atoms with Crippen LogP contribution in [0.3, 0.4) is 0 Å². The van der Waals surface area contributed by atoms with Gasteiger partial charge in [-0.25, -0.2) is 0 Å². The zero-order valence-corrected chi connectivity index (χ0v) is 13.5. The van der Waals surface area contributed by atoms with Crippen LogP contribution in [0.1, 0.15) is 11.1 Å². The predicted octanol–water partition coefficient (Wildman–Crippen LogP) is 2.95. The molecule has 4 nitrogen and oxygen atoms in total. The van der Waals surface area contributed by atoms with Gasteiger partial charge in [0.25, 0.3) is 0 Å². The molecule has 24 heavy (non-hydrogen) atoms. The molecular formula is C20H22O4. The summed E-state index contributed by atoms with van der Waals surface area (Å²) in [5.74, 6) is 0. The fraction of sp³-hybridized carbons (Fsp3) is 0.400. The summed E-state index contributed by atoms with van der Waals surface area (Å²) < 4.78 is 22.8. The van der Waals surface area contributed by atoms with Gasteiger partial charge in [0.05, 0.1) is 26.4 Å². The van der Waals surface area contributed by atoms with Crippen LogP contribution in [0.4, 0.5) is 0 Å². The summed E-state index contributed by atoms with van der Waals surface area (Å²) in [5, 5.41) is 0. The van der Waals surface area contributed by atoms with E-state index in [0.717, 1.165) is 0 Å². The number of hydrogen-bond acceptors (Lipinski definition) is 4. The Morgan fingerprint density at radius 3 is 1.46 bits per heavy atom. The first-order chi connectivity index (χ1) is 11.9. The molecule has 4 atom stereocenters. The van der Waals surface area contributed by atoms with Crippen molar-refractivity contribution in [3.8, 4) is 0 Å². The molecule has 2 aliphatic heterocycles. The second-order valence-corrected chi connectivity index (χ2v) is 6.28. The van der Waals surface area contributed by atoms with Crippen LogP contribution in [0.25, 0.3) is 0 Å². The lowest BCUT2D eigenvalue weighted by atomic mass is 10.2.